The maximum atomic E-state index is 13.2. The number of benzene rings is 1. The van der Waals surface area contributed by atoms with Gasteiger partial charge in [-0.1, -0.05) is 56.0 Å². The minimum Gasteiger partial charge on any atom is -0.461 e. The van der Waals surface area contributed by atoms with Gasteiger partial charge in [-0.3, -0.25) is 14.6 Å². The number of aromatic nitrogens is 2. The molecule has 2 saturated carbocycles. The van der Waals surface area contributed by atoms with Gasteiger partial charge >= 0.3 is 5.97 Å². The number of rotatable bonds is 7. The number of esters is 1. The van der Waals surface area contributed by atoms with Crippen LogP contribution >= 0.6 is 11.6 Å². The lowest BCUT2D eigenvalue weighted by Gasteiger charge is -2.39. The van der Waals surface area contributed by atoms with Gasteiger partial charge in [0.2, 0.25) is 5.91 Å². The first-order valence-corrected chi connectivity index (χ1v) is 13.9. The van der Waals surface area contributed by atoms with E-state index >= 15 is 0 Å². The highest BCUT2D eigenvalue weighted by atomic mass is 35.5. The molecule has 2 aliphatic carbocycles. The molecule has 2 atom stereocenters. The van der Waals surface area contributed by atoms with E-state index in [0.717, 1.165) is 62.7 Å². The Hall–Kier alpha value is -2.80. The summed E-state index contributed by atoms with van der Waals surface area (Å²) < 4.78 is 6.06. The van der Waals surface area contributed by atoms with Gasteiger partial charge in [0.1, 0.15) is 31.5 Å². The third kappa shape index (κ3) is 9.22. The van der Waals surface area contributed by atoms with Crippen LogP contribution in [0.4, 0.5) is 5.82 Å². The topological polar surface area (TPSA) is 95.2 Å². The molecule has 1 aromatic carbocycles. The van der Waals surface area contributed by atoms with Gasteiger partial charge in [-0.2, -0.15) is 0 Å². The predicted molar refractivity (Wildman–Crippen MR) is 149 cm³/mol. The molecule has 0 saturated heterocycles. The molecule has 8 heteroatoms. The summed E-state index contributed by atoms with van der Waals surface area (Å²) in [5.74, 6) is 0.947. The number of amides is 1. The highest BCUT2D eigenvalue weighted by Gasteiger charge is 2.44. The fourth-order valence-corrected chi connectivity index (χ4v) is 4.96. The number of carbonyl (C=O) groups is 2. The molecule has 7 nitrogen and oxygen atoms in total. The molecule has 4 rings (SSSR count). The summed E-state index contributed by atoms with van der Waals surface area (Å²) in [7, 11) is 0. The zero-order valence-electron chi connectivity index (χ0n) is 22.5. The first kappa shape index (κ1) is 30.4. The van der Waals surface area contributed by atoms with Gasteiger partial charge in [0.15, 0.2) is 0 Å². The van der Waals surface area contributed by atoms with Crippen molar-refractivity contribution in [1.82, 2.24) is 9.97 Å². The van der Waals surface area contributed by atoms with Gasteiger partial charge in [-0.05, 0) is 38.2 Å². The Bertz CT molecular complexity index is 978. The number of anilines is 1. The number of aryl methyl sites for hydroxylation is 1. The zero-order chi connectivity index (χ0) is 27.1. The third-order valence-electron chi connectivity index (χ3n) is 7.08. The van der Waals surface area contributed by atoms with E-state index in [4.69, 9.17) is 4.74 Å². The predicted octanol–water partition coefficient (Wildman–Crippen LogP) is 4.37. The molecule has 2 unspecified atom stereocenters. The first-order valence-electron chi connectivity index (χ1n) is 13.1. The van der Waals surface area contributed by atoms with Crippen LogP contribution in [0.15, 0.2) is 42.7 Å². The largest absolute Gasteiger partial charge is 0.461 e. The van der Waals surface area contributed by atoms with Crippen molar-refractivity contribution in [2.45, 2.75) is 83.2 Å². The van der Waals surface area contributed by atoms with E-state index in [0.29, 0.717) is 11.7 Å². The second kappa shape index (κ2) is 16.1. The highest BCUT2D eigenvalue weighted by Crippen LogP contribution is 2.42. The van der Waals surface area contributed by atoms with Crippen molar-refractivity contribution in [1.29, 1.82) is 0 Å². The summed E-state index contributed by atoms with van der Waals surface area (Å²) in [6.45, 7) is 7.85. The number of nitrogens with zero attached hydrogens (tertiary/aromatic N) is 2. The molecular weight excluding hydrogens is 488 g/mol. The monoisotopic (exact) mass is 529 g/mol. The molecule has 1 aromatic heterocycles. The molecule has 0 aliphatic heterocycles. The van der Waals surface area contributed by atoms with E-state index < -0.39 is 5.41 Å². The summed E-state index contributed by atoms with van der Waals surface area (Å²) >= 11 is 4.64. The second-order valence-electron chi connectivity index (χ2n) is 9.66. The molecule has 0 radical (unpaired) electrons. The van der Waals surface area contributed by atoms with Crippen molar-refractivity contribution in [3.8, 4) is 0 Å². The van der Waals surface area contributed by atoms with Crippen molar-refractivity contribution >= 4 is 36.0 Å². The maximum absolute atomic E-state index is 13.2. The Morgan fingerprint density at radius 3 is 2.32 bits per heavy atom. The van der Waals surface area contributed by atoms with Crippen LogP contribution < -0.4 is 10.3 Å². The van der Waals surface area contributed by atoms with E-state index in [2.05, 4.69) is 50.7 Å². The fourth-order valence-electron chi connectivity index (χ4n) is 4.96. The highest BCUT2D eigenvalue weighted by molar-refractivity contribution is 6.15. The molecule has 2 aliphatic rings. The average Bonchev–Trinajstić information content (AvgIpc) is 3.16. The summed E-state index contributed by atoms with van der Waals surface area (Å²) in [5, 5.41) is 2.56. The van der Waals surface area contributed by atoms with Crippen LogP contribution in [0.1, 0.15) is 76.0 Å². The molecule has 2 fully saturated rings. The number of alkyl halides is 1. The van der Waals surface area contributed by atoms with E-state index in [1.54, 1.807) is 6.07 Å². The van der Waals surface area contributed by atoms with Crippen molar-refractivity contribution < 1.29 is 19.3 Å². The Kier molecular flexibility index (Phi) is 13.3. The van der Waals surface area contributed by atoms with Crippen molar-refractivity contribution in [2.24, 2.45) is 5.92 Å². The smallest absolute Gasteiger partial charge is 0.316 e. The number of hydrogen-bond donors (Lipinski definition) is 2. The average molecular weight is 530 g/mol. The molecule has 2 aromatic rings. The number of carbonyl (C=O) groups excluding carboxylic acids is 2. The Morgan fingerprint density at radius 2 is 1.78 bits per heavy atom. The standard InChI is InChI=1S/C21H29NO2.C7H9N3O.CH3Cl/c1-22-16-13-17-11-12-19(17)24-20(23)21(14-7-2-3-8-15-21)18-9-5-4-6-10-18;1-5-3-7(9-4-8-5)10-6(2)11;1-2/h4-6,9-10,17,19H,1-3,7-8,11-16H2;3-4H,1-2H3,(H,8,9,10,11);1H3/p+1. The Labute approximate surface area is 226 Å². The van der Waals surface area contributed by atoms with Crippen molar-refractivity contribution in [3.05, 3.63) is 54.0 Å². The SMILES string of the molecule is C=[NH+]CCC1CCC1OC(=O)C1(c2ccccc2)CCCCCC1.CC(=O)Nc1cc(C)ncn1.CCl. The zero-order valence-corrected chi connectivity index (χ0v) is 23.2. The number of hydrogen-bond acceptors (Lipinski definition) is 5. The van der Waals surface area contributed by atoms with Gasteiger partial charge in [0.25, 0.3) is 0 Å². The van der Waals surface area contributed by atoms with Gasteiger partial charge in [-0.25, -0.2) is 9.97 Å². The number of nitrogens with one attached hydrogen (secondary N) is 2. The van der Waals surface area contributed by atoms with E-state index in [1.165, 1.54) is 32.5 Å². The van der Waals surface area contributed by atoms with Gasteiger partial charge < -0.3 is 10.1 Å². The summed E-state index contributed by atoms with van der Waals surface area (Å²) in [6, 6.07) is 12.0. The molecule has 0 spiro atoms. The lowest BCUT2D eigenvalue weighted by Crippen LogP contribution is -2.66. The third-order valence-corrected chi connectivity index (χ3v) is 7.08. The van der Waals surface area contributed by atoms with E-state index in [9.17, 15) is 9.59 Å². The van der Waals surface area contributed by atoms with Crippen LogP contribution in [0.2, 0.25) is 0 Å². The van der Waals surface area contributed by atoms with Gasteiger partial charge in [0, 0.05) is 37.4 Å². The molecular formula is C29H42ClN4O3+. The van der Waals surface area contributed by atoms with Crippen LogP contribution in [-0.4, -0.2) is 47.6 Å². The summed E-state index contributed by atoms with van der Waals surface area (Å²) in [4.78, 5) is 34.5. The Balaban J connectivity index is 0.000000311. The van der Waals surface area contributed by atoms with Crippen molar-refractivity contribution in [3.63, 3.8) is 0 Å². The number of ether oxygens (including phenoxy) is 1. The van der Waals surface area contributed by atoms with Crippen LogP contribution in [0.25, 0.3) is 0 Å². The van der Waals surface area contributed by atoms with Crippen LogP contribution in [-0.2, 0) is 19.7 Å². The van der Waals surface area contributed by atoms with Gasteiger partial charge in [-0.15, -0.1) is 11.6 Å². The van der Waals surface area contributed by atoms with E-state index in [1.807, 2.05) is 25.1 Å². The summed E-state index contributed by atoms with van der Waals surface area (Å²) in [5.41, 5.74) is 1.55. The minimum absolute atomic E-state index is 0.0212. The maximum Gasteiger partial charge on any atom is 0.316 e. The molecule has 2 N–H and O–H groups in total. The lowest BCUT2D eigenvalue weighted by molar-refractivity contribution is -0.450. The second-order valence-corrected chi connectivity index (χ2v) is 9.66. The molecule has 1 heterocycles. The first-order chi connectivity index (χ1) is 17.9. The molecule has 1 amide bonds. The van der Waals surface area contributed by atoms with E-state index in [-0.39, 0.29) is 18.0 Å². The van der Waals surface area contributed by atoms with Crippen molar-refractivity contribution in [2.75, 3.05) is 18.2 Å². The quantitative estimate of drug-likeness (QED) is 0.240. The lowest BCUT2D eigenvalue weighted by atomic mass is 9.73. The number of halogens is 1. The molecule has 0 bridgehead atoms. The molecule has 37 heavy (non-hydrogen) atoms. The van der Waals surface area contributed by atoms with Crippen LogP contribution in [0.5, 0.6) is 0 Å². The van der Waals surface area contributed by atoms with Gasteiger partial charge in [0.05, 0.1) is 5.41 Å². The Morgan fingerprint density at radius 1 is 1.11 bits per heavy atom. The fraction of sp³-hybridized carbons (Fsp3) is 0.552. The van der Waals surface area contributed by atoms with Crippen LogP contribution in [0.3, 0.4) is 0 Å². The summed E-state index contributed by atoms with van der Waals surface area (Å²) in [6.07, 6.45) is 12.7. The minimum atomic E-state index is -0.428. The van der Waals surface area contributed by atoms with Crippen LogP contribution in [0, 0.1) is 12.8 Å². The normalized spacial score (nSPS) is 19.8. The molecule has 202 valence electrons.